The Morgan fingerprint density at radius 3 is 2.57 bits per heavy atom. The van der Waals surface area contributed by atoms with Crippen molar-refractivity contribution < 1.29 is 22.8 Å². The smallest absolute Gasteiger partial charge is 0.394 e. The largest absolute Gasteiger partial charge is 0.404 e. The Kier molecular flexibility index (Phi) is 17.8. The van der Waals surface area contributed by atoms with Crippen LogP contribution in [0.4, 0.5) is 18.0 Å². The first-order chi connectivity index (χ1) is 22.2. The van der Waals surface area contributed by atoms with Crippen molar-refractivity contribution in [3.8, 4) is 0 Å². The Labute approximate surface area is 281 Å². The molecule has 2 amide bonds. The van der Waals surface area contributed by atoms with Gasteiger partial charge in [-0.1, -0.05) is 44.5 Å². The predicted molar refractivity (Wildman–Crippen MR) is 183 cm³/mol. The average Bonchev–Trinajstić information content (AvgIpc) is 3.30. The minimum Gasteiger partial charge on any atom is -0.404 e. The van der Waals surface area contributed by atoms with Crippen molar-refractivity contribution >= 4 is 35.3 Å². The number of carbonyl (C=O) groups excluding carboxylic acids is 2. The van der Waals surface area contributed by atoms with E-state index < -0.39 is 30.6 Å². The van der Waals surface area contributed by atoms with Crippen LogP contribution in [0.3, 0.4) is 0 Å². The molecule has 3 unspecified atom stereocenters. The van der Waals surface area contributed by atoms with E-state index in [1.54, 1.807) is 30.9 Å². The van der Waals surface area contributed by atoms with E-state index in [0.717, 1.165) is 12.4 Å². The van der Waals surface area contributed by atoms with Crippen molar-refractivity contribution in [2.45, 2.75) is 86.0 Å². The lowest BCUT2D eigenvalue weighted by Crippen LogP contribution is -2.43. The summed E-state index contributed by atoms with van der Waals surface area (Å²) >= 11 is 6.04. The molecule has 3 atom stereocenters. The molecule has 14 heteroatoms. The molecular weight excluding hydrogens is 633 g/mol. The number of aromatic nitrogens is 2. The van der Waals surface area contributed by atoms with Crippen molar-refractivity contribution in [2.24, 2.45) is 22.7 Å². The molecule has 0 radical (unpaired) electrons. The molecule has 1 aliphatic heterocycles. The summed E-state index contributed by atoms with van der Waals surface area (Å²) in [5.41, 5.74) is 10.0. The van der Waals surface area contributed by atoms with Crippen LogP contribution in [0, 0.1) is 17.2 Å². The fourth-order valence-electron chi connectivity index (χ4n) is 5.01. The van der Waals surface area contributed by atoms with Gasteiger partial charge in [-0.05, 0) is 63.8 Å². The van der Waals surface area contributed by atoms with Crippen LogP contribution < -0.4 is 16.5 Å². The number of allylic oxidation sites excluding steroid dienone is 5. The number of imidazole rings is 1. The number of amides is 2. The third kappa shape index (κ3) is 13.4. The topological polar surface area (TPSA) is 141 Å². The molecule has 1 aromatic heterocycles. The third-order valence-corrected chi connectivity index (χ3v) is 7.66. The standard InChI is InChI=1S/C31H44ClF3N8O2.C2H6/c1-6-23(24(15-36)16-37)19-43-25(14-31(33,34)35)17-38-29(43)27(10-8-9-21(4)32)40-30(45)42(7-2)12-11-20(3)26-13-22(5)41-39-18-28(26)44;1-2/h6,9,13,15-17,20,23,27,36,39H,1,7-8,10-12,14,18-19,37H2,2-5H3,(H,40,45);1-2H3/b21-9+,24-16+,36-15?;. The summed E-state index contributed by atoms with van der Waals surface area (Å²) in [6, 6.07) is -1.19. The molecule has 10 nitrogen and oxygen atoms in total. The highest BCUT2D eigenvalue weighted by Gasteiger charge is 2.32. The third-order valence-electron chi connectivity index (χ3n) is 7.51. The summed E-state index contributed by atoms with van der Waals surface area (Å²) in [5.74, 6) is -0.548. The normalized spacial score (nSPS) is 15.9. The molecule has 0 aromatic carbocycles. The van der Waals surface area contributed by atoms with Crippen LogP contribution in [0.2, 0.25) is 0 Å². The summed E-state index contributed by atoms with van der Waals surface area (Å²) in [5, 5.41) is 15.3. The zero-order chi connectivity index (χ0) is 35.7. The lowest BCUT2D eigenvalue weighted by Gasteiger charge is -2.28. The number of urea groups is 1. The van der Waals surface area contributed by atoms with Gasteiger partial charge in [0.25, 0.3) is 0 Å². The second-order valence-electron chi connectivity index (χ2n) is 10.9. The first-order valence-electron chi connectivity index (χ1n) is 15.8. The molecule has 1 aliphatic rings. The van der Waals surface area contributed by atoms with Gasteiger partial charge in [0.1, 0.15) is 5.82 Å². The van der Waals surface area contributed by atoms with Crippen molar-refractivity contribution in [1.29, 1.82) is 5.41 Å². The van der Waals surface area contributed by atoms with Gasteiger partial charge < -0.3 is 31.4 Å². The van der Waals surface area contributed by atoms with Crippen molar-refractivity contribution in [3.05, 3.63) is 64.9 Å². The minimum absolute atomic E-state index is 0.0187. The summed E-state index contributed by atoms with van der Waals surface area (Å²) in [6.45, 7) is 15.8. The van der Waals surface area contributed by atoms with E-state index in [4.69, 9.17) is 22.7 Å². The molecule has 47 heavy (non-hydrogen) atoms. The Hall–Kier alpha value is -3.87. The predicted octanol–water partition coefficient (Wildman–Crippen LogP) is 6.80. The highest BCUT2D eigenvalue weighted by Crippen LogP contribution is 2.28. The summed E-state index contributed by atoms with van der Waals surface area (Å²) in [6.07, 6.45) is 3.95. The molecule has 262 valence electrons. The number of ketones is 1. The molecule has 0 fully saturated rings. The van der Waals surface area contributed by atoms with Crippen LogP contribution in [0.15, 0.2) is 58.5 Å². The number of alkyl halides is 3. The fourth-order valence-corrected chi connectivity index (χ4v) is 5.12. The highest BCUT2D eigenvalue weighted by atomic mass is 35.5. The zero-order valence-electron chi connectivity index (χ0n) is 28.3. The van der Waals surface area contributed by atoms with E-state index in [-0.39, 0.29) is 36.3 Å². The number of carbonyl (C=O) groups is 2. The van der Waals surface area contributed by atoms with Crippen LogP contribution in [-0.2, 0) is 17.8 Å². The van der Waals surface area contributed by atoms with Gasteiger partial charge >= 0.3 is 12.2 Å². The van der Waals surface area contributed by atoms with Gasteiger partial charge in [0.15, 0.2) is 5.78 Å². The number of hydrogen-bond acceptors (Lipinski definition) is 7. The van der Waals surface area contributed by atoms with Gasteiger partial charge in [-0.2, -0.15) is 18.3 Å². The Bertz CT molecular complexity index is 1330. The molecule has 0 spiro atoms. The number of hydrogen-bond donors (Lipinski definition) is 4. The van der Waals surface area contributed by atoms with E-state index in [1.165, 1.54) is 16.8 Å². The number of nitrogens with two attached hydrogens (primary N) is 1. The minimum atomic E-state index is -4.51. The molecule has 0 bridgehead atoms. The molecule has 0 aliphatic carbocycles. The maximum atomic E-state index is 13.6. The van der Waals surface area contributed by atoms with Crippen molar-refractivity contribution in [2.75, 3.05) is 19.6 Å². The van der Waals surface area contributed by atoms with Gasteiger partial charge in [-0.15, -0.1) is 6.58 Å². The lowest BCUT2D eigenvalue weighted by atomic mass is 9.93. The van der Waals surface area contributed by atoms with E-state index >= 15 is 0 Å². The molecule has 0 saturated carbocycles. The monoisotopic (exact) mass is 682 g/mol. The number of hydrazone groups is 1. The first-order valence-corrected chi connectivity index (χ1v) is 16.2. The molecule has 0 saturated heterocycles. The summed E-state index contributed by atoms with van der Waals surface area (Å²) in [7, 11) is 0. The van der Waals surface area contributed by atoms with Crippen LogP contribution in [0.5, 0.6) is 0 Å². The fraction of sp³-hybridized carbons (Fsp3) is 0.545. The van der Waals surface area contributed by atoms with Crippen LogP contribution in [-0.4, -0.2) is 64.0 Å². The molecule has 2 rings (SSSR count). The Balaban J connectivity index is 0.00000541. The average molecular weight is 683 g/mol. The van der Waals surface area contributed by atoms with Gasteiger partial charge in [-0.25, -0.2) is 9.78 Å². The van der Waals surface area contributed by atoms with E-state index in [1.807, 2.05) is 27.7 Å². The van der Waals surface area contributed by atoms with E-state index in [2.05, 4.69) is 27.4 Å². The van der Waals surface area contributed by atoms with Gasteiger partial charge in [0.2, 0.25) is 0 Å². The highest BCUT2D eigenvalue weighted by molar-refractivity contribution is 6.29. The van der Waals surface area contributed by atoms with Crippen LogP contribution in [0.25, 0.3) is 0 Å². The van der Waals surface area contributed by atoms with Crippen molar-refractivity contribution in [1.82, 2.24) is 25.2 Å². The van der Waals surface area contributed by atoms with E-state index in [0.29, 0.717) is 54.2 Å². The van der Waals surface area contributed by atoms with Gasteiger partial charge in [0, 0.05) is 54.3 Å². The van der Waals surface area contributed by atoms with Crippen LogP contribution >= 0.6 is 11.6 Å². The number of nitrogens with zero attached hydrogens (tertiary/aromatic N) is 4. The molecular formula is C33H50ClF3N8O2. The number of nitrogens with one attached hydrogen (secondary N) is 3. The Morgan fingerprint density at radius 1 is 1.34 bits per heavy atom. The second kappa shape index (κ2) is 20.4. The maximum absolute atomic E-state index is 13.6. The van der Waals surface area contributed by atoms with Gasteiger partial charge in [-0.3, -0.25) is 4.79 Å². The first kappa shape index (κ1) is 41.2. The maximum Gasteiger partial charge on any atom is 0.394 e. The van der Waals surface area contributed by atoms with E-state index in [9.17, 15) is 22.8 Å². The van der Waals surface area contributed by atoms with Crippen LogP contribution in [0.1, 0.15) is 78.4 Å². The second-order valence-corrected chi connectivity index (χ2v) is 11.5. The summed E-state index contributed by atoms with van der Waals surface area (Å²) < 4.78 is 42.2. The molecule has 1 aromatic rings. The number of rotatable bonds is 16. The molecule has 5 N–H and O–H groups in total. The number of Topliss-reactive ketones (excluding diaryl/α,β-unsaturated/α-hetero) is 1. The quantitative estimate of drug-likeness (QED) is 0.112. The van der Waals surface area contributed by atoms with Crippen molar-refractivity contribution in [3.63, 3.8) is 0 Å². The number of halogens is 4. The molecule has 2 heterocycles. The Morgan fingerprint density at radius 2 is 2.02 bits per heavy atom. The zero-order valence-corrected chi connectivity index (χ0v) is 29.0. The SMILES string of the molecule is C=CC(Cn1c(CC(F)(F)F)cnc1C(CC/C=C(\C)Cl)NC(=O)N(CC)CCC(C)C1=CC(C)=NNCC1=O)/C(C=N)=C/N.CC. The summed E-state index contributed by atoms with van der Waals surface area (Å²) in [4.78, 5) is 32.2. The van der Waals surface area contributed by atoms with Gasteiger partial charge in [0.05, 0.1) is 24.7 Å². The lowest BCUT2D eigenvalue weighted by molar-refractivity contribution is -0.128.